The maximum atomic E-state index is 5.80. The monoisotopic (exact) mass is 322 g/mol. The van der Waals surface area contributed by atoms with Crippen molar-refractivity contribution < 1.29 is 0 Å². The fourth-order valence-electron chi connectivity index (χ4n) is 3.86. The van der Waals surface area contributed by atoms with Gasteiger partial charge >= 0.3 is 0 Å². The second kappa shape index (κ2) is 5.84. The van der Waals surface area contributed by atoms with Crippen LogP contribution in [-0.4, -0.2) is 12.6 Å². The molecule has 19 heavy (non-hydrogen) atoms. The van der Waals surface area contributed by atoms with E-state index in [-0.39, 0.29) is 0 Å². The van der Waals surface area contributed by atoms with Crippen LogP contribution in [0.4, 0.5) is 5.69 Å². The van der Waals surface area contributed by atoms with Gasteiger partial charge in [-0.25, -0.2) is 0 Å². The summed E-state index contributed by atoms with van der Waals surface area (Å²) in [5, 5.41) is 0. The van der Waals surface area contributed by atoms with Gasteiger partial charge in [-0.05, 0) is 55.4 Å². The highest BCUT2D eigenvalue weighted by molar-refractivity contribution is 9.10. The van der Waals surface area contributed by atoms with E-state index < -0.39 is 0 Å². The molecule has 3 heteroatoms. The lowest BCUT2D eigenvalue weighted by molar-refractivity contribution is 0.431. The van der Waals surface area contributed by atoms with E-state index in [1.165, 1.54) is 56.3 Å². The number of nitrogens with zero attached hydrogens (tertiary/aromatic N) is 1. The number of benzene rings is 1. The summed E-state index contributed by atoms with van der Waals surface area (Å²) in [6, 6.07) is 7.43. The summed E-state index contributed by atoms with van der Waals surface area (Å²) >= 11 is 3.62. The summed E-state index contributed by atoms with van der Waals surface area (Å²) in [6.45, 7) is 1.83. The minimum atomic E-state index is 0.619. The van der Waals surface area contributed by atoms with Crippen molar-refractivity contribution in [3.63, 3.8) is 0 Å². The highest BCUT2D eigenvalue weighted by atomic mass is 79.9. The third-order valence-corrected chi connectivity index (χ3v) is 5.21. The molecule has 1 saturated heterocycles. The normalized spacial score (nSPS) is 24.3. The van der Waals surface area contributed by atoms with E-state index in [2.05, 4.69) is 39.0 Å². The molecule has 0 spiro atoms. The highest BCUT2D eigenvalue weighted by Gasteiger charge is 2.33. The van der Waals surface area contributed by atoms with Crippen LogP contribution in [0.1, 0.15) is 44.1 Å². The van der Waals surface area contributed by atoms with Crippen molar-refractivity contribution >= 4 is 21.6 Å². The lowest BCUT2D eigenvalue weighted by Crippen LogP contribution is -2.34. The quantitative estimate of drug-likeness (QED) is 0.909. The molecule has 0 aromatic heterocycles. The number of anilines is 1. The minimum Gasteiger partial charge on any atom is -0.368 e. The van der Waals surface area contributed by atoms with E-state index >= 15 is 0 Å². The molecular formula is C16H23BrN2. The van der Waals surface area contributed by atoms with Crippen molar-refractivity contribution in [1.29, 1.82) is 0 Å². The first-order chi connectivity index (χ1) is 9.28. The molecule has 2 aliphatic rings. The van der Waals surface area contributed by atoms with Crippen LogP contribution in [0, 0.1) is 5.92 Å². The van der Waals surface area contributed by atoms with Gasteiger partial charge in [0, 0.05) is 29.3 Å². The molecule has 0 amide bonds. The first kappa shape index (κ1) is 13.4. The van der Waals surface area contributed by atoms with E-state index in [4.69, 9.17) is 5.73 Å². The van der Waals surface area contributed by atoms with Gasteiger partial charge in [0.15, 0.2) is 0 Å². The Morgan fingerprint density at radius 2 is 1.89 bits per heavy atom. The standard InChI is InChI=1S/C16H23BrN2/c17-14-8-12(11-18)9-15(10-14)19-7-3-6-16(19)13-4-1-2-5-13/h8-10,13,16H,1-7,11,18H2. The average molecular weight is 323 g/mol. The molecule has 1 saturated carbocycles. The Labute approximate surface area is 124 Å². The predicted molar refractivity (Wildman–Crippen MR) is 84.4 cm³/mol. The second-order valence-electron chi connectivity index (χ2n) is 5.97. The van der Waals surface area contributed by atoms with E-state index in [1.807, 2.05) is 0 Å². The molecule has 1 heterocycles. The molecule has 1 aliphatic carbocycles. The van der Waals surface area contributed by atoms with E-state index in [9.17, 15) is 0 Å². The Hall–Kier alpha value is -0.540. The van der Waals surface area contributed by atoms with Crippen molar-refractivity contribution in [2.75, 3.05) is 11.4 Å². The van der Waals surface area contributed by atoms with Gasteiger partial charge in [-0.1, -0.05) is 28.8 Å². The molecule has 0 bridgehead atoms. The van der Waals surface area contributed by atoms with E-state index in [1.54, 1.807) is 0 Å². The zero-order chi connectivity index (χ0) is 13.2. The summed E-state index contributed by atoms with van der Waals surface area (Å²) in [5.41, 5.74) is 8.39. The molecule has 1 unspecified atom stereocenters. The van der Waals surface area contributed by atoms with Crippen LogP contribution in [0.5, 0.6) is 0 Å². The first-order valence-electron chi connectivity index (χ1n) is 7.54. The Balaban J connectivity index is 1.85. The van der Waals surface area contributed by atoms with Crippen molar-refractivity contribution in [2.24, 2.45) is 11.7 Å². The predicted octanol–water partition coefficient (Wildman–Crippen LogP) is 4.07. The van der Waals surface area contributed by atoms with Crippen molar-refractivity contribution in [1.82, 2.24) is 0 Å². The topological polar surface area (TPSA) is 29.3 Å². The first-order valence-corrected chi connectivity index (χ1v) is 8.33. The molecule has 1 aromatic carbocycles. The van der Waals surface area contributed by atoms with Crippen LogP contribution in [0.2, 0.25) is 0 Å². The number of halogens is 1. The average Bonchev–Trinajstić information content (AvgIpc) is 3.08. The van der Waals surface area contributed by atoms with Crippen LogP contribution in [-0.2, 0) is 6.54 Å². The fourth-order valence-corrected chi connectivity index (χ4v) is 4.39. The van der Waals surface area contributed by atoms with Gasteiger partial charge in [-0.2, -0.15) is 0 Å². The van der Waals surface area contributed by atoms with Crippen LogP contribution in [0.3, 0.4) is 0 Å². The van der Waals surface area contributed by atoms with Crippen molar-refractivity contribution in [3.8, 4) is 0 Å². The third kappa shape index (κ3) is 2.82. The lowest BCUT2D eigenvalue weighted by Gasteiger charge is -2.31. The second-order valence-corrected chi connectivity index (χ2v) is 6.88. The van der Waals surface area contributed by atoms with Crippen LogP contribution < -0.4 is 10.6 Å². The summed E-state index contributed by atoms with van der Waals surface area (Å²) in [6.07, 6.45) is 8.43. The number of rotatable bonds is 3. The van der Waals surface area contributed by atoms with Gasteiger partial charge in [-0.15, -0.1) is 0 Å². The zero-order valence-electron chi connectivity index (χ0n) is 11.4. The Kier molecular flexibility index (Phi) is 4.13. The smallest absolute Gasteiger partial charge is 0.0383 e. The van der Waals surface area contributed by atoms with Crippen LogP contribution in [0.25, 0.3) is 0 Å². The molecule has 0 radical (unpaired) electrons. The molecule has 3 rings (SSSR count). The van der Waals surface area contributed by atoms with Crippen molar-refractivity contribution in [3.05, 3.63) is 28.2 Å². The number of hydrogen-bond acceptors (Lipinski definition) is 2. The zero-order valence-corrected chi connectivity index (χ0v) is 13.0. The molecule has 1 aromatic rings. The maximum absolute atomic E-state index is 5.80. The largest absolute Gasteiger partial charge is 0.368 e. The van der Waals surface area contributed by atoms with Gasteiger partial charge in [0.2, 0.25) is 0 Å². The summed E-state index contributed by atoms with van der Waals surface area (Å²) < 4.78 is 1.16. The maximum Gasteiger partial charge on any atom is 0.0383 e. The van der Waals surface area contributed by atoms with Gasteiger partial charge in [0.25, 0.3) is 0 Å². The van der Waals surface area contributed by atoms with Crippen LogP contribution in [0.15, 0.2) is 22.7 Å². The summed E-state index contributed by atoms with van der Waals surface area (Å²) in [4.78, 5) is 2.64. The SMILES string of the molecule is NCc1cc(Br)cc(N2CCCC2C2CCCC2)c1. The summed E-state index contributed by atoms with van der Waals surface area (Å²) in [5.74, 6) is 0.919. The molecule has 2 nitrogen and oxygen atoms in total. The minimum absolute atomic E-state index is 0.619. The van der Waals surface area contributed by atoms with Crippen molar-refractivity contribution in [2.45, 2.75) is 51.1 Å². The van der Waals surface area contributed by atoms with E-state index in [0.717, 1.165) is 16.4 Å². The number of hydrogen-bond donors (Lipinski definition) is 1. The molecule has 1 atom stereocenters. The van der Waals surface area contributed by atoms with E-state index in [0.29, 0.717) is 6.54 Å². The fraction of sp³-hybridized carbons (Fsp3) is 0.625. The van der Waals surface area contributed by atoms with Gasteiger partial charge in [-0.3, -0.25) is 0 Å². The molecule has 1 aliphatic heterocycles. The molecule has 104 valence electrons. The molecule has 2 N–H and O–H groups in total. The molecular weight excluding hydrogens is 300 g/mol. The Bertz CT molecular complexity index is 440. The third-order valence-electron chi connectivity index (χ3n) is 4.75. The summed E-state index contributed by atoms with van der Waals surface area (Å²) in [7, 11) is 0. The van der Waals surface area contributed by atoms with Gasteiger partial charge < -0.3 is 10.6 Å². The van der Waals surface area contributed by atoms with Crippen LogP contribution >= 0.6 is 15.9 Å². The molecule has 2 fully saturated rings. The Morgan fingerprint density at radius 1 is 1.11 bits per heavy atom. The number of nitrogens with two attached hydrogens (primary N) is 1. The van der Waals surface area contributed by atoms with Gasteiger partial charge in [0.05, 0.1) is 0 Å². The lowest BCUT2D eigenvalue weighted by atomic mass is 9.95. The Morgan fingerprint density at radius 3 is 2.63 bits per heavy atom. The van der Waals surface area contributed by atoms with Gasteiger partial charge in [0.1, 0.15) is 0 Å². The highest BCUT2D eigenvalue weighted by Crippen LogP contribution is 2.38.